The van der Waals surface area contributed by atoms with Crippen LogP contribution in [0.25, 0.3) is 0 Å². The second-order valence-corrected chi connectivity index (χ2v) is 9.43. The smallest absolute Gasteiger partial charge is 0.326 e. The summed E-state index contributed by atoms with van der Waals surface area (Å²) in [6, 6.07) is -4.61. The maximum Gasteiger partial charge on any atom is 0.326 e. The van der Waals surface area contributed by atoms with Crippen molar-refractivity contribution >= 4 is 41.4 Å². The Morgan fingerprint density at radius 2 is 1.39 bits per heavy atom. The van der Waals surface area contributed by atoms with E-state index in [1.165, 1.54) is 11.8 Å². The first-order valence-corrected chi connectivity index (χ1v) is 12.3. The summed E-state index contributed by atoms with van der Waals surface area (Å²) in [5.74, 6) is -4.46. The van der Waals surface area contributed by atoms with Crippen molar-refractivity contribution in [1.82, 2.24) is 16.0 Å². The van der Waals surface area contributed by atoms with Crippen LogP contribution >= 0.6 is 11.8 Å². The molecule has 0 spiro atoms. The van der Waals surface area contributed by atoms with E-state index in [-0.39, 0.29) is 24.7 Å². The Kier molecular flexibility index (Phi) is 14.4. The lowest BCUT2D eigenvalue weighted by atomic mass is 9.97. The summed E-state index contributed by atoms with van der Waals surface area (Å²) in [6.45, 7) is 7.37. The lowest BCUT2D eigenvalue weighted by Crippen LogP contribution is -2.58. The minimum Gasteiger partial charge on any atom is -0.481 e. The van der Waals surface area contributed by atoms with Crippen molar-refractivity contribution in [2.75, 3.05) is 12.0 Å². The molecule has 0 aliphatic rings. The number of aliphatic carboxylic acids is 2. The van der Waals surface area contributed by atoms with Crippen LogP contribution in [0.3, 0.4) is 0 Å². The van der Waals surface area contributed by atoms with Gasteiger partial charge in [-0.05, 0) is 36.7 Å². The van der Waals surface area contributed by atoms with Gasteiger partial charge in [-0.2, -0.15) is 11.8 Å². The van der Waals surface area contributed by atoms with Gasteiger partial charge in [-0.3, -0.25) is 19.2 Å². The molecule has 33 heavy (non-hydrogen) atoms. The number of nitrogens with two attached hydrogens (primary N) is 1. The first-order chi connectivity index (χ1) is 15.3. The molecule has 7 N–H and O–H groups in total. The Bertz CT molecular complexity index is 690. The van der Waals surface area contributed by atoms with Crippen LogP contribution < -0.4 is 21.7 Å². The highest BCUT2D eigenvalue weighted by molar-refractivity contribution is 7.98. The number of carbonyl (C=O) groups excluding carboxylic acids is 3. The Balaban J connectivity index is 5.52. The van der Waals surface area contributed by atoms with Crippen LogP contribution in [0.2, 0.25) is 0 Å². The minimum atomic E-state index is -1.51. The van der Waals surface area contributed by atoms with Gasteiger partial charge in [0.15, 0.2) is 0 Å². The predicted octanol–water partition coefficient (Wildman–Crippen LogP) is 0.173. The maximum atomic E-state index is 12.9. The van der Waals surface area contributed by atoms with Crippen LogP contribution in [0, 0.1) is 11.8 Å². The molecule has 0 aliphatic heterocycles. The zero-order valence-corrected chi connectivity index (χ0v) is 20.7. The Morgan fingerprint density at radius 1 is 0.879 bits per heavy atom. The van der Waals surface area contributed by atoms with Gasteiger partial charge < -0.3 is 31.9 Å². The molecular weight excluding hydrogens is 452 g/mol. The van der Waals surface area contributed by atoms with Gasteiger partial charge in [0, 0.05) is 0 Å². The third kappa shape index (κ3) is 11.9. The van der Waals surface area contributed by atoms with E-state index in [0.717, 1.165) is 0 Å². The third-order valence-corrected chi connectivity index (χ3v) is 5.78. The molecule has 0 aliphatic carbocycles. The van der Waals surface area contributed by atoms with E-state index in [9.17, 15) is 34.2 Å². The molecule has 11 nitrogen and oxygen atoms in total. The summed E-state index contributed by atoms with van der Waals surface area (Å²) in [6.07, 6.45) is 2.07. The molecular formula is C21H38N4O7S. The fourth-order valence-electron chi connectivity index (χ4n) is 2.90. The Hall–Kier alpha value is -2.34. The average molecular weight is 491 g/mol. The van der Waals surface area contributed by atoms with Gasteiger partial charge in [0.05, 0.1) is 12.5 Å². The number of carboxylic acids is 2. The van der Waals surface area contributed by atoms with Gasteiger partial charge in [0.1, 0.15) is 18.1 Å². The summed E-state index contributed by atoms with van der Waals surface area (Å²) < 4.78 is 0. The standard InChI is InChI=1S/C21H38N4O7S/c1-6-12(4)17(22)20(30)25-14(9-11(2)3)18(28)24-15(10-16(26)27)19(29)23-13(21(31)32)7-8-33-5/h11-15,17H,6-10,22H2,1-5H3,(H,23,29)(H,24,28)(H,25,30)(H,26,27)(H,31,32). The fraction of sp³-hybridized carbons (Fsp3) is 0.762. The van der Waals surface area contributed by atoms with Crippen molar-refractivity contribution in [3.8, 4) is 0 Å². The average Bonchev–Trinajstić information content (AvgIpc) is 2.73. The molecule has 3 amide bonds. The van der Waals surface area contributed by atoms with Crippen LogP contribution in [-0.4, -0.2) is 76.0 Å². The van der Waals surface area contributed by atoms with Crippen molar-refractivity contribution in [1.29, 1.82) is 0 Å². The van der Waals surface area contributed by atoms with Crippen LogP contribution in [0.1, 0.15) is 53.4 Å². The van der Waals surface area contributed by atoms with E-state index in [2.05, 4.69) is 16.0 Å². The van der Waals surface area contributed by atoms with Crippen LogP contribution in [-0.2, 0) is 24.0 Å². The lowest BCUT2D eigenvalue weighted by molar-refractivity contribution is -0.143. The van der Waals surface area contributed by atoms with Gasteiger partial charge in [0.25, 0.3) is 0 Å². The first kappa shape index (κ1) is 30.7. The third-order valence-electron chi connectivity index (χ3n) is 5.14. The zero-order valence-electron chi connectivity index (χ0n) is 19.9. The number of amides is 3. The van der Waals surface area contributed by atoms with Crippen molar-refractivity contribution in [2.45, 2.75) is 77.5 Å². The number of hydrogen-bond donors (Lipinski definition) is 6. The highest BCUT2D eigenvalue weighted by atomic mass is 32.2. The van der Waals surface area contributed by atoms with Gasteiger partial charge in [-0.15, -0.1) is 0 Å². The summed E-state index contributed by atoms with van der Waals surface area (Å²) in [5, 5.41) is 25.7. The molecule has 0 rings (SSSR count). The van der Waals surface area contributed by atoms with Crippen molar-refractivity contribution in [3.05, 3.63) is 0 Å². The first-order valence-electron chi connectivity index (χ1n) is 10.9. The highest BCUT2D eigenvalue weighted by Crippen LogP contribution is 2.10. The number of carbonyl (C=O) groups is 5. The predicted molar refractivity (Wildman–Crippen MR) is 126 cm³/mol. The van der Waals surface area contributed by atoms with Crippen molar-refractivity contribution < 1.29 is 34.2 Å². The van der Waals surface area contributed by atoms with E-state index in [0.29, 0.717) is 12.2 Å². The van der Waals surface area contributed by atoms with Crippen LogP contribution in [0.4, 0.5) is 0 Å². The summed E-state index contributed by atoms with van der Waals surface area (Å²) >= 11 is 1.40. The van der Waals surface area contributed by atoms with Crippen molar-refractivity contribution in [2.24, 2.45) is 17.6 Å². The molecule has 0 saturated carbocycles. The molecule has 0 saturated heterocycles. The fourth-order valence-corrected chi connectivity index (χ4v) is 3.38. The van der Waals surface area contributed by atoms with Crippen LogP contribution in [0.5, 0.6) is 0 Å². The number of thioether (sulfide) groups is 1. The zero-order chi connectivity index (χ0) is 25.7. The highest BCUT2D eigenvalue weighted by Gasteiger charge is 2.32. The molecule has 0 fully saturated rings. The quantitative estimate of drug-likeness (QED) is 0.175. The van der Waals surface area contributed by atoms with Gasteiger partial charge in [0.2, 0.25) is 17.7 Å². The van der Waals surface area contributed by atoms with Crippen molar-refractivity contribution in [3.63, 3.8) is 0 Å². The van der Waals surface area contributed by atoms with Crippen LogP contribution in [0.15, 0.2) is 0 Å². The maximum absolute atomic E-state index is 12.9. The summed E-state index contributed by atoms with van der Waals surface area (Å²) in [4.78, 5) is 60.7. The van der Waals surface area contributed by atoms with Gasteiger partial charge in [-0.25, -0.2) is 4.79 Å². The second kappa shape index (κ2) is 15.5. The topological polar surface area (TPSA) is 188 Å². The Labute approximate surface area is 199 Å². The Morgan fingerprint density at radius 3 is 1.85 bits per heavy atom. The largest absolute Gasteiger partial charge is 0.481 e. The number of carboxylic acid groups (broad SMARTS) is 2. The SMILES string of the molecule is CCC(C)C(N)C(=O)NC(CC(C)C)C(=O)NC(CC(=O)O)C(=O)NC(CCSC)C(=O)O. The molecule has 0 aromatic carbocycles. The molecule has 0 bridgehead atoms. The second-order valence-electron chi connectivity index (χ2n) is 8.44. The molecule has 0 heterocycles. The van der Waals surface area contributed by atoms with Gasteiger partial charge in [-0.1, -0.05) is 34.1 Å². The summed E-state index contributed by atoms with van der Waals surface area (Å²) in [7, 11) is 0. The number of rotatable bonds is 16. The normalized spacial score (nSPS) is 15.6. The molecule has 190 valence electrons. The molecule has 0 radical (unpaired) electrons. The van der Waals surface area contributed by atoms with E-state index in [4.69, 9.17) is 5.73 Å². The summed E-state index contributed by atoms with van der Waals surface area (Å²) in [5.41, 5.74) is 5.95. The molecule has 5 atom stereocenters. The molecule has 5 unspecified atom stereocenters. The van der Waals surface area contributed by atoms with E-state index in [1.54, 1.807) is 6.26 Å². The molecule has 0 aromatic rings. The molecule has 0 aromatic heterocycles. The minimum absolute atomic E-state index is 0.00411. The monoisotopic (exact) mass is 490 g/mol. The van der Waals surface area contributed by atoms with E-state index >= 15 is 0 Å². The van der Waals surface area contributed by atoms with E-state index < -0.39 is 60.2 Å². The molecule has 12 heteroatoms. The van der Waals surface area contributed by atoms with Gasteiger partial charge >= 0.3 is 11.9 Å². The lowest BCUT2D eigenvalue weighted by Gasteiger charge is -2.26. The van der Waals surface area contributed by atoms with E-state index in [1.807, 2.05) is 27.7 Å². The number of nitrogens with one attached hydrogen (secondary N) is 3. The number of hydrogen-bond acceptors (Lipinski definition) is 7.